The molecule has 94 valence electrons. The molecule has 0 saturated heterocycles. The lowest BCUT2D eigenvalue weighted by Gasteiger charge is -2.27. The van der Waals surface area contributed by atoms with E-state index in [1.165, 1.54) is 14.2 Å². The SMILES string of the molecule is COC(=O)C1=C(C)NC(C)=C(C(=O)OC)C1C. The number of rotatable bonds is 2. The maximum atomic E-state index is 11.7. The molecule has 0 amide bonds. The number of hydrogen-bond donors (Lipinski definition) is 1. The third-order valence-electron chi connectivity index (χ3n) is 2.86. The number of hydrogen-bond acceptors (Lipinski definition) is 5. The Morgan fingerprint density at radius 2 is 1.35 bits per heavy atom. The molecule has 5 heteroatoms. The van der Waals surface area contributed by atoms with Gasteiger partial charge in [-0.25, -0.2) is 9.59 Å². The fourth-order valence-electron chi connectivity index (χ4n) is 2.09. The number of carbonyl (C=O) groups is 2. The topological polar surface area (TPSA) is 64.6 Å². The second kappa shape index (κ2) is 5.03. The molecule has 0 bridgehead atoms. The Labute approximate surface area is 100 Å². The van der Waals surface area contributed by atoms with Crippen molar-refractivity contribution in [3.8, 4) is 0 Å². The second-order valence-corrected chi connectivity index (χ2v) is 3.91. The first-order chi connectivity index (χ1) is 7.93. The number of dihydropyridines is 1. The van der Waals surface area contributed by atoms with Gasteiger partial charge < -0.3 is 14.8 Å². The molecule has 0 aliphatic carbocycles. The summed E-state index contributed by atoms with van der Waals surface area (Å²) in [5.41, 5.74) is 2.32. The zero-order valence-corrected chi connectivity index (χ0v) is 10.7. The van der Waals surface area contributed by atoms with Gasteiger partial charge in [-0.3, -0.25) is 0 Å². The van der Waals surface area contributed by atoms with Crippen LogP contribution in [0.1, 0.15) is 20.8 Å². The number of allylic oxidation sites excluding steroid dienone is 2. The van der Waals surface area contributed by atoms with Gasteiger partial charge in [0.1, 0.15) is 0 Å². The molecule has 1 aliphatic heterocycles. The summed E-state index contributed by atoms with van der Waals surface area (Å²) in [6, 6.07) is 0. The molecule has 0 unspecified atom stereocenters. The van der Waals surface area contributed by atoms with Gasteiger partial charge in [0.05, 0.1) is 25.4 Å². The Morgan fingerprint density at radius 3 is 1.65 bits per heavy atom. The quantitative estimate of drug-likeness (QED) is 0.731. The number of ether oxygens (including phenoxy) is 2. The van der Waals surface area contributed by atoms with Crippen LogP contribution in [-0.2, 0) is 19.1 Å². The molecule has 0 atom stereocenters. The summed E-state index contributed by atoms with van der Waals surface area (Å²) in [5.74, 6) is -1.20. The number of carbonyl (C=O) groups excluding carboxylic acids is 2. The summed E-state index contributed by atoms with van der Waals surface area (Å²) in [6.07, 6.45) is 0. The van der Waals surface area contributed by atoms with Crippen molar-refractivity contribution in [2.45, 2.75) is 20.8 Å². The molecular weight excluding hydrogens is 222 g/mol. The largest absolute Gasteiger partial charge is 0.466 e. The zero-order chi connectivity index (χ0) is 13.2. The van der Waals surface area contributed by atoms with Gasteiger partial charge in [0, 0.05) is 17.3 Å². The van der Waals surface area contributed by atoms with Crippen molar-refractivity contribution < 1.29 is 19.1 Å². The lowest BCUT2D eigenvalue weighted by Crippen LogP contribution is -2.31. The van der Waals surface area contributed by atoms with E-state index < -0.39 is 11.9 Å². The standard InChI is InChI=1S/C12H17NO4/c1-6-9(11(14)16-4)7(2)13-8(3)10(6)12(15)17-5/h6,13H,1-5H3. The molecule has 0 spiro atoms. The van der Waals surface area contributed by atoms with Crippen molar-refractivity contribution in [1.29, 1.82) is 0 Å². The minimum Gasteiger partial charge on any atom is -0.466 e. The Balaban J connectivity index is 3.18. The lowest BCUT2D eigenvalue weighted by molar-refractivity contribution is -0.137. The van der Waals surface area contributed by atoms with E-state index in [0.717, 1.165) is 0 Å². The van der Waals surface area contributed by atoms with Crippen LogP contribution in [0.15, 0.2) is 22.5 Å². The van der Waals surface area contributed by atoms with Crippen LogP contribution >= 0.6 is 0 Å². The smallest absolute Gasteiger partial charge is 0.336 e. The minimum atomic E-state index is -0.434. The van der Waals surface area contributed by atoms with Crippen LogP contribution < -0.4 is 5.32 Å². The highest BCUT2D eigenvalue weighted by molar-refractivity contribution is 5.97. The van der Waals surface area contributed by atoms with Gasteiger partial charge in [-0.15, -0.1) is 0 Å². The van der Waals surface area contributed by atoms with Gasteiger partial charge in [-0.2, -0.15) is 0 Å². The highest BCUT2D eigenvalue weighted by atomic mass is 16.5. The molecular formula is C12H17NO4. The predicted octanol–water partition coefficient (Wildman–Crippen LogP) is 1.12. The average Bonchev–Trinajstić information content (AvgIpc) is 2.27. The maximum absolute atomic E-state index is 11.7. The van der Waals surface area contributed by atoms with Gasteiger partial charge >= 0.3 is 11.9 Å². The maximum Gasteiger partial charge on any atom is 0.336 e. The van der Waals surface area contributed by atoms with E-state index in [2.05, 4.69) is 5.32 Å². The van der Waals surface area contributed by atoms with Crippen LogP contribution in [0.2, 0.25) is 0 Å². The molecule has 0 aromatic heterocycles. The minimum absolute atomic E-state index is 0.337. The zero-order valence-electron chi connectivity index (χ0n) is 10.7. The van der Waals surface area contributed by atoms with E-state index in [4.69, 9.17) is 9.47 Å². The van der Waals surface area contributed by atoms with Crippen LogP contribution in [0, 0.1) is 5.92 Å². The predicted molar refractivity (Wildman–Crippen MR) is 61.7 cm³/mol. The molecule has 0 saturated carbocycles. The summed E-state index contributed by atoms with van der Waals surface area (Å²) in [7, 11) is 2.64. The van der Waals surface area contributed by atoms with Crippen LogP contribution in [0.4, 0.5) is 0 Å². The lowest BCUT2D eigenvalue weighted by atomic mass is 9.87. The molecule has 1 N–H and O–H groups in total. The monoisotopic (exact) mass is 239 g/mol. The molecule has 0 aromatic rings. The van der Waals surface area contributed by atoms with Gasteiger partial charge in [-0.1, -0.05) is 6.92 Å². The van der Waals surface area contributed by atoms with Crippen LogP contribution in [0.3, 0.4) is 0 Å². The van der Waals surface area contributed by atoms with Crippen molar-refractivity contribution >= 4 is 11.9 Å². The van der Waals surface area contributed by atoms with Gasteiger partial charge in [0.25, 0.3) is 0 Å². The third kappa shape index (κ3) is 2.33. The third-order valence-corrected chi connectivity index (χ3v) is 2.86. The van der Waals surface area contributed by atoms with E-state index in [1.807, 2.05) is 0 Å². The molecule has 0 fully saturated rings. The average molecular weight is 239 g/mol. The summed E-state index contributed by atoms with van der Waals surface area (Å²) < 4.78 is 9.43. The Kier molecular flexibility index (Phi) is 3.93. The summed E-state index contributed by atoms with van der Waals surface area (Å²) in [6.45, 7) is 5.34. The van der Waals surface area contributed by atoms with Crippen molar-refractivity contribution in [2.24, 2.45) is 5.92 Å². The highest BCUT2D eigenvalue weighted by Gasteiger charge is 2.33. The van der Waals surface area contributed by atoms with Crippen LogP contribution in [0.25, 0.3) is 0 Å². The highest BCUT2D eigenvalue weighted by Crippen LogP contribution is 2.30. The fraction of sp³-hybridized carbons (Fsp3) is 0.500. The van der Waals surface area contributed by atoms with E-state index in [-0.39, 0.29) is 5.92 Å². The van der Waals surface area contributed by atoms with Crippen molar-refractivity contribution in [3.63, 3.8) is 0 Å². The summed E-state index contributed by atoms with van der Waals surface area (Å²) in [4.78, 5) is 23.3. The normalized spacial score (nSPS) is 16.8. The van der Waals surface area contributed by atoms with Crippen LogP contribution in [0.5, 0.6) is 0 Å². The first-order valence-electron chi connectivity index (χ1n) is 5.29. The molecule has 1 aliphatic rings. The fourth-order valence-corrected chi connectivity index (χ4v) is 2.09. The number of nitrogens with one attached hydrogen (secondary N) is 1. The van der Waals surface area contributed by atoms with Gasteiger partial charge in [-0.05, 0) is 13.8 Å². The molecule has 5 nitrogen and oxygen atoms in total. The van der Waals surface area contributed by atoms with Gasteiger partial charge in [0.2, 0.25) is 0 Å². The second-order valence-electron chi connectivity index (χ2n) is 3.91. The molecule has 0 aromatic carbocycles. The molecule has 0 radical (unpaired) electrons. The van der Waals surface area contributed by atoms with Crippen molar-refractivity contribution in [2.75, 3.05) is 14.2 Å². The van der Waals surface area contributed by atoms with Crippen LogP contribution in [-0.4, -0.2) is 26.2 Å². The molecule has 1 rings (SSSR count). The van der Waals surface area contributed by atoms with E-state index in [0.29, 0.717) is 22.5 Å². The van der Waals surface area contributed by atoms with Gasteiger partial charge in [0.15, 0.2) is 0 Å². The Hall–Kier alpha value is -1.78. The van der Waals surface area contributed by atoms with E-state index in [1.54, 1.807) is 20.8 Å². The molecule has 1 heterocycles. The van der Waals surface area contributed by atoms with E-state index in [9.17, 15) is 9.59 Å². The Morgan fingerprint density at radius 1 is 1.00 bits per heavy atom. The summed E-state index contributed by atoms with van der Waals surface area (Å²) >= 11 is 0. The summed E-state index contributed by atoms with van der Waals surface area (Å²) in [5, 5.41) is 3.00. The Bertz CT molecular complexity index is 382. The molecule has 17 heavy (non-hydrogen) atoms. The first kappa shape index (κ1) is 13.3. The number of esters is 2. The first-order valence-corrected chi connectivity index (χ1v) is 5.29. The van der Waals surface area contributed by atoms with Crippen molar-refractivity contribution in [1.82, 2.24) is 5.32 Å². The van der Waals surface area contributed by atoms with E-state index >= 15 is 0 Å². The number of methoxy groups -OCH3 is 2. The van der Waals surface area contributed by atoms with Crippen molar-refractivity contribution in [3.05, 3.63) is 22.5 Å².